The fraction of sp³-hybridized carbons (Fsp3) is 0.429. The molecule has 2 aromatic rings. The van der Waals surface area contributed by atoms with Crippen molar-refractivity contribution in [2.24, 2.45) is 0 Å². The van der Waals surface area contributed by atoms with Gasteiger partial charge in [0.2, 0.25) is 0 Å². The largest absolute Gasteiger partial charge is 0.464 e. The molecule has 15 heavy (non-hydrogen) atoms. The van der Waals surface area contributed by atoms with Crippen LogP contribution in [0.25, 0.3) is 11.0 Å². The van der Waals surface area contributed by atoms with Gasteiger partial charge in [-0.15, -0.1) is 0 Å². The van der Waals surface area contributed by atoms with Gasteiger partial charge in [-0.2, -0.15) is 0 Å². The lowest BCUT2D eigenvalue weighted by Crippen LogP contribution is -2.14. The van der Waals surface area contributed by atoms with Crippen LogP contribution in [0.3, 0.4) is 0 Å². The Kier molecular flexibility index (Phi) is 2.34. The van der Waals surface area contributed by atoms with Crippen molar-refractivity contribution < 1.29 is 4.42 Å². The summed E-state index contributed by atoms with van der Waals surface area (Å²) in [5, 5.41) is 1.24. The standard InChI is InChI=1S/C14H18O/c1-5-14(3,4)11-6-7-13-12(8-11)10(2)9-15-13/h6-9H,5H2,1-4H3. The van der Waals surface area contributed by atoms with Crippen LogP contribution in [0.15, 0.2) is 28.9 Å². The van der Waals surface area contributed by atoms with E-state index in [1.165, 1.54) is 16.5 Å². The minimum absolute atomic E-state index is 0.248. The Morgan fingerprint density at radius 2 is 2.00 bits per heavy atom. The Balaban J connectivity index is 2.59. The second kappa shape index (κ2) is 3.41. The van der Waals surface area contributed by atoms with Gasteiger partial charge in [0.15, 0.2) is 0 Å². The summed E-state index contributed by atoms with van der Waals surface area (Å²) in [6, 6.07) is 6.52. The Morgan fingerprint density at radius 1 is 1.27 bits per heavy atom. The maximum Gasteiger partial charge on any atom is 0.134 e. The number of hydrogen-bond acceptors (Lipinski definition) is 1. The van der Waals surface area contributed by atoms with Crippen LogP contribution >= 0.6 is 0 Å². The highest BCUT2D eigenvalue weighted by atomic mass is 16.3. The topological polar surface area (TPSA) is 13.1 Å². The second-order valence-corrected chi connectivity index (χ2v) is 4.87. The summed E-state index contributed by atoms with van der Waals surface area (Å²) in [4.78, 5) is 0. The van der Waals surface area contributed by atoms with Crippen LogP contribution < -0.4 is 0 Å². The molecule has 1 aromatic heterocycles. The molecule has 0 fully saturated rings. The first-order valence-corrected chi connectivity index (χ1v) is 5.53. The van der Waals surface area contributed by atoms with E-state index in [0.29, 0.717) is 0 Å². The molecule has 1 heteroatoms. The fourth-order valence-corrected chi connectivity index (χ4v) is 1.78. The molecule has 0 saturated heterocycles. The van der Waals surface area contributed by atoms with Crippen molar-refractivity contribution in [3.8, 4) is 0 Å². The van der Waals surface area contributed by atoms with Crippen molar-refractivity contribution in [1.82, 2.24) is 0 Å². The molecule has 0 radical (unpaired) electrons. The number of hydrogen-bond donors (Lipinski definition) is 0. The molecular weight excluding hydrogens is 184 g/mol. The van der Waals surface area contributed by atoms with Crippen LogP contribution in [0.1, 0.15) is 38.3 Å². The molecule has 0 bridgehead atoms. The maximum atomic E-state index is 5.45. The third kappa shape index (κ3) is 1.67. The summed E-state index contributed by atoms with van der Waals surface area (Å²) in [7, 11) is 0. The monoisotopic (exact) mass is 202 g/mol. The molecule has 0 atom stereocenters. The number of furan rings is 1. The van der Waals surface area contributed by atoms with Crippen molar-refractivity contribution in [2.75, 3.05) is 0 Å². The Morgan fingerprint density at radius 3 is 2.67 bits per heavy atom. The summed E-state index contributed by atoms with van der Waals surface area (Å²) < 4.78 is 5.45. The van der Waals surface area contributed by atoms with Crippen LogP contribution in [0.4, 0.5) is 0 Å². The molecule has 0 N–H and O–H groups in total. The highest BCUT2D eigenvalue weighted by Gasteiger charge is 2.18. The molecule has 0 aliphatic carbocycles. The van der Waals surface area contributed by atoms with Gasteiger partial charge in [0.25, 0.3) is 0 Å². The lowest BCUT2D eigenvalue weighted by Gasteiger charge is -2.23. The van der Waals surface area contributed by atoms with Gasteiger partial charge in [-0.1, -0.05) is 26.8 Å². The zero-order chi connectivity index (χ0) is 11.1. The highest BCUT2D eigenvalue weighted by molar-refractivity contribution is 5.81. The van der Waals surface area contributed by atoms with Crippen LogP contribution in [-0.2, 0) is 5.41 Å². The van der Waals surface area contributed by atoms with Gasteiger partial charge in [-0.3, -0.25) is 0 Å². The number of benzene rings is 1. The zero-order valence-electron chi connectivity index (χ0n) is 9.92. The van der Waals surface area contributed by atoms with Crippen molar-refractivity contribution in [3.63, 3.8) is 0 Å². The van der Waals surface area contributed by atoms with Crippen LogP contribution in [-0.4, -0.2) is 0 Å². The average molecular weight is 202 g/mol. The van der Waals surface area contributed by atoms with E-state index in [0.717, 1.165) is 12.0 Å². The number of fused-ring (bicyclic) bond motifs is 1. The normalized spacial score (nSPS) is 12.3. The lowest BCUT2D eigenvalue weighted by atomic mass is 9.82. The van der Waals surface area contributed by atoms with Crippen molar-refractivity contribution in [3.05, 3.63) is 35.6 Å². The van der Waals surface area contributed by atoms with E-state index in [-0.39, 0.29) is 5.41 Å². The number of rotatable bonds is 2. The van der Waals surface area contributed by atoms with Crippen molar-refractivity contribution >= 4 is 11.0 Å². The molecule has 1 nitrogen and oxygen atoms in total. The van der Waals surface area contributed by atoms with Gasteiger partial charge >= 0.3 is 0 Å². The summed E-state index contributed by atoms with van der Waals surface area (Å²) in [5.74, 6) is 0. The van der Waals surface area contributed by atoms with E-state index in [9.17, 15) is 0 Å². The third-order valence-electron chi connectivity index (χ3n) is 3.43. The van der Waals surface area contributed by atoms with Crippen LogP contribution in [0, 0.1) is 6.92 Å². The molecule has 80 valence electrons. The molecule has 0 saturated carbocycles. The van der Waals surface area contributed by atoms with Gasteiger partial charge in [-0.05, 0) is 42.0 Å². The summed E-state index contributed by atoms with van der Waals surface area (Å²) in [5.41, 5.74) is 3.85. The van der Waals surface area contributed by atoms with E-state index in [1.54, 1.807) is 0 Å². The Hall–Kier alpha value is -1.24. The van der Waals surface area contributed by atoms with E-state index < -0.39 is 0 Å². The minimum Gasteiger partial charge on any atom is -0.464 e. The quantitative estimate of drug-likeness (QED) is 0.702. The second-order valence-electron chi connectivity index (χ2n) is 4.87. The zero-order valence-corrected chi connectivity index (χ0v) is 9.92. The van der Waals surface area contributed by atoms with Gasteiger partial charge in [0, 0.05) is 5.39 Å². The lowest BCUT2D eigenvalue weighted by molar-refractivity contribution is 0.506. The van der Waals surface area contributed by atoms with Crippen molar-refractivity contribution in [1.29, 1.82) is 0 Å². The molecular formula is C14H18O. The summed E-state index contributed by atoms with van der Waals surface area (Å²) in [6.45, 7) is 8.88. The Labute approximate surface area is 91.1 Å². The van der Waals surface area contributed by atoms with Gasteiger partial charge in [0.05, 0.1) is 6.26 Å². The molecule has 0 unspecified atom stereocenters. The van der Waals surface area contributed by atoms with E-state index in [2.05, 4.69) is 45.9 Å². The first-order chi connectivity index (χ1) is 7.04. The molecule has 1 aromatic carbocycles. The first-order valence-electron chi connectivity index (χ1n) is 5.53. The summed E-state index contributed by atoms with van der Waals surface area (Å²) in [6.07, 6.45) is 2.97. The van der Waals surface area contributed by atoms with Crippen molar-refractivity contribution in [2.45, 2.75) is 39.5 Å². The maximum absolute atomic E-state index is 5.45. The SMILES string of the molecule is CCC(C)(C)c1ccc2occ(C)c2c1. The van der Waals surface area contributed by atoms with Gasteiger partial charge < -0.3 is 4.42 Å². The average Bonchev–Trinajstić information content (AvgIpc) is 2.60. The molecule has 0 aliphatic heterocycles. The predicted octanol–water partition coefficient (Wildman–Crippen LogP) is 4.43. The Bertz CT molecular complexity index is 477. The molecule has 1 heterocycles. The summed E-state index contributed by atoms with van der Waals surface area (Å²) >= 11 is 0. The van der Waals surface area contributed by atoms with E-state index in [4.69, 9.17) is 4.42 Å². The molecule has 0 amide bonds. The smallest absolute Gasteiger partial charge is 0.134 e. The fourth-order valence-electron chi connectivity index (χ4n) is 1.78. The van der Waals surface area contributed by atoms with E-state index in [1.807, 2.05) is 6.26 Å². The van der Waals surface area contributed by atoms with Crippen LogP contribution in [0.2, 0.25) is 0 Å². The third-order valence-corrected chi connectivity index (χ3v) is 3.43. The molecule has 0 spiro atoms. The van der Waals surface area contributed by atoms with Gasteiger partial charge in [0.1, 0.15) is 5.58 Å². The van der Waals surface area contributed by atoms with Crippen LogP contribution in [0.5, 0.6) is 0 Å². The molecule has 2 rings (SSSR count). The molecule has 0 aliphatic rings. The van der Waals surface area contributed by atoms with E-state index >= 15 is 0 Å². The minimum atomic E-state index is 0.248. The first kappa shape index (κ1) is 10.3. The number of aryl methyl sites for hydroxylation is 1. The predicted molar refractivity (Wildman–Crippen MR) is 64.3 cm³/mol. The van der Waals surface area contributed by atoms with Gasteiger partial charge in [-0.25, -0.2) is 0 Å². The highest BCUT2D eigenvalue weighted by Crippen LogP contribution is 2.30.